The molecule has 0 spiro atoms. The molecule has 1 N–H and O–H groups in total. The maximum Gasteiger partial charge on any atom is 0.411 e. The van der Waals surface area contributed by atoms with Crippen LogP contribution in [0.15, 0.2) is 62.3 Å². The standard InChI is InChI=1S/C25H20F2N2O7/c1-2-33-25(32)29-16-4-6-17-14(9-24(31)36-20(17)11-16)13-34-23(30)8-7-22-28-12-21(35-22)18-5-3-15(26)10-19(18)27/h3-6,9-12H,2,7-8,13H2,1H3,(H,29,32). The molecule has 4 rings (SSSR count). The van der Waals surface area contributed by atoms with Gasteiger partial charge in [-0.1, -0.05) is 0 Å². The number of ether oxygens (including phenoxy) is 2. The van der Waals surface area contributed by atoms with E-state index in [4.69, 9.17) is 18.3 Å². The predicted octanol–water partition coefficient (Wildman–Crippen LogP) is 4.97. The summed E-state index contributed by atoms with van der Waals surface area (Å²) < 4.78 is 47.8. The molecule has 0 unspecified atom stereocenters. The first-order chi connectivity index (χ1) is 17.3. The molecule has 2 aromatic heterocycles. The van der Waals surface area contributed by atoms with Gasteiger partial charge in [0.25, 0.3) is 0 Å². The van der Waals surface area contributed by atoms with Gasteiger partial charge in [0.2, 0.25) is 0 Å². The predicted molar refractivity (Wildman–Crippen MR) is 123 cm³/mol. The van der Waals surface area contributed by atoms with Gasteiger partial charge in [0.05, 0.1) is 24.8 Å². The van der Waals surface area contributed by atoms with Gasteiger partial charge in [-0.15, -0.1) is 0 Å². The van der Waals surface area contributed by atoms with Crippen molar-refractivity contribution < 1.29 is 36.7 Å². The zero-order chi connectivity index (χ0) is 25.7. The summed E-state index contributed by atoms with van der Waals surface area (Å²) in [7, 11) is 0. The van der Waals surface area contributed by atoms with E-state index in [-0.39, 0.29) is 48.9 Å². The monoisotopic (exact) mass is 498 g/mol. The van der Waals surface area contributed by atoms with Gasteiger partial charge in [-0.3, -0.25) is 10.1 Å². The van der Waals surface area contributed by atoms with Crippen LogP contribution in [0.3, 0.4) is 0 Å². The number of halogens is 2. The highest BCUT2D eigenvalue weighted by Gasteiger charge is 2.15. The average Bonchev–Trinajstić information content (AvgIpc) is 3.29. The number of hydrogen-bond acceptors (Lipinski definition) is 8. The summed E-state index contributed by atoms with van der Waals surface area (Å²) in [5, 5.41) is 3.04. The van der Waals surface area contributed by atoms with E-state index in [1.165, 1.54) is 24.4 Å². The van der Waals surface area contributed by atoms with Crippen molar-refractivity contribution in [3.05, 3.63) is 82.2 Å². The van der Waals surface area contributed by atoms with Gasteiger partial charge in [-0.2, -0.15) is 0 Å². The van der Waals surface area contributed by atoms with Crippen molar-refractivity contribution in [2.24, 2.45) is 0 Å². The molecule has 0 fully saturated rings. The largest absolute Gasteiger partial charge is 0.461 e. The van der Waals surface area contributed by atoms with Crippen molar-refractivity contribution >= 4 is 28.7 Å². The van der Waals surface area contributed by atoms with Gasteiger partial charge in [0, 0.05) is 41.3 Å². The van der Waals surface area contributed by atoms with Gasteiger partial charge in [-0.25, -0.2) is 23.4 Å². The minimum absolute atomic E-state index is 0.0492. The van der Waals surface area contributed by atoms with Gasteiger partial charge in [0.15, 0.2) is 11.7 Å². The Bertz CT molecular complexity index is 1480. The molecule has 0 radical (unpaired) electrons. The number of fused-ring (bicyclic) bond motifs is 1. The number of amides is 1. The Morgan fingerprint density at radius 2 is 1.89 bits per heavy atom. The summed E-state index contributed by atoms with van der Waals surface area (Å²) in [5.41, 5.74) is 0.380. The second kappa shape index (κ2) is 10.8. The van der Waals surface area contributed by atoms with Crippen LogP contribution in [0, 0.1) is 11.6 Å². The molecule has 11 heteroatoms. The van der Waals surface area contributed by atoms with Crippen molar-refractivity contribution in [3.63, 3.8) is 0 Å². The third kappa shape index (κ3) is 5.93. The van der Waals surface area contributed by atoms with Crippen molar-refractivity contribution in [1.29, 1.82) is 0 Å². The lowest BCUT2D eigenvalue weighted by atomic mass is 10.1. The van der Waals surface area contributed by atoms with E-state index in [0.29, 0.717) is 16.6 Å². The molecule has 36 heavy (non-hydrogen) atoms. The molecule has 0 atom stereocenters. The second-order valence-electron chi connectivity index (χ2n) is 7.55. The Labute approximate surface area is 202 Å². The van der Waals surface area contributed by atoms with Crippen LogP contribution in [0.25, 0.3) is 22.3 Å². The SMILES string of the molecule is CCOC(=O)Nc1ccc2c(COC(=O)CCc3ncc(-c4ccc(F)cc4F)o3)cc(=O)oc2c1. The molecule has 0 aliphatic heterocycles. The Morgan fingerprint density at radius 1 is 1.06 bits per heavy atom. The summed E-state index contributed by atoms with van der Waals surface area (Å²) in [5.74, 6) is -1.80. The molecule has 0 aliphatic carbocycles. The lowest BCUT2D eigenvalue weighted by Crippen LogP contribution is -2.13. The van der Waals surface area contributed by atoms with Gasteiger partial charge < -0.3 is 18.3 Å². The van der Waals surface area contributed by atoms with Crippen LogP contribution >= 0.6 is 0 Å². The first kappa shape index (κ1) is 24.6. The molecule has 0 aliphatic rings. The Hall–Kier alpha value is -4.54. The van der Waals surface area contributed by atoms with E-state index < -0.39 is 29.3 Å². The topological polar surface area (TPSA) is 121 Å². The van der Waals surface area contributed by atoms with Gasteiger partial charge >= 0.3 is 17.7 Å². The molecule has 0 saturated carbocycles. The minimum atomic E-state index is -0.791. The van der Waals surface area contributed by atoms with E-state index in [1.54, 1.807) is 19.1 Å². The molecule has 4 aromatic rings. The summed E-state index contributed by atoms with van der Waals surface area (Å²) in [6.07, 6.45) is 0.642. The highest BCUT2D eigenvalue weighted by atomic mass is 19.1. The average molecular weight is 498 g/mol. The number of nitrogens with zero attached hydrogens (tertiary/aromatic N) is 1. The fourth-order valence-electron chi connectivity index (χ4n) is 3.39. The number of esters is 1. The van der Waals surface area contributed by atoms with Crippen LogP contribution in [-0.2, 0) is 27.3 Å². The lowest BCUT2D eigenvalue weighted by Gasteiger charge is -2.09. The van der Waals surface area contributed by atoms with E-state index >= 15 is 0 Å². The van der Waals surface area contributed by atoms with E-state index in [9.17, 15) is 23.2 Å². The maximum atomic E-state index is 13.9. The Kier molecular flexibility index (Phi) is 7.38. The molecule has 2 heterocycles. The summed E-state index contributed by atoms with van der Waals surface area (Å²) in [6.45, 7) is 1.68. The van der Waals surface area contributed by atoms with E-state index in [1.807, 2.05) is 0 Å². The zero-order valence-corrected chi connectivity index (χ0v) is 19.0. The molecule has 9 nitrogen and oxygen atoms in total. The smallest absolute Gasteiger partial charge is 0.411 e. The Balaban J connectivity index is 1.37. The number of rotatable bonds is 8. The maximum absolute atomic E-state index is 13.9. The van der Waals surface area contributed by atoms with Crippen LogP contribution in [0.5, 0.6) is 0 Å². The molecule has 1 amide bonds. The Morgan fingerprint density at radius 3 is 2.67 bits per heavy atom. The summed E-state index contributed by atoms with van der Waals surface area (Å²) in [4.78, 5) is 39.8. The van der Waals surface area contributed by atoms with Crippen molar-refractivity contribution in [1.82, 2.24) is 4.98 Å². The number of oxazole rings is 1. The van der Waals surface area contributed by atoms with Gasteiger partial charge in [0.1, 0.15) is 23.8 Å². The molecular weight excluding hydrogens is 478 g/mol. The third-order valence-electron chi connectivity index (χ3n) is 5.03. The number of aryl methyl sites for hydroxylation is 1. The van der Waals surface area contributed by atoms with Crippen molar-refractivity contribution in [2.45, 2.75) is 26.4 Å². The van der Waals surface area contributed by atoms with Crippen LogP contribution < -0.4 is 10.9 Å². The number of carbonyl (C=O) groups is 2. The number of aromatic nitrogens is 1. The first-order valence-corrected chi connectivity index (χ1v) is 10.9. The third-order valence-corrected chi connectivity index (χ3v) is 5.03. The molecule has 0 bridgehead atoms. The lowest BCUT2D eigenvalue weighted by molar-refractivity contribution is -0.144. The summed E-state index contributed by atoms with van der Waals surface area (Å²) in [6, 6.07) is 8.96. The first-order valence-electron chi connectivity index (χ1n) is 10.9. The highest BCUT2D eigenvalue weighted by Crippen LogP contribution is 2.25. The number of benzene rings is 2. The molecule has 186 valence electrons. The fourth-order valence-corrected chi connectivity index (χ4v) is 3.39. The second-order valence-corrected chi connectivity index (χ2v) is 7.55. The zero-order valence-electron chi connectivity index (χ0n) is 19.0. The number of nitrogens with one attached hydrogen (secondary N) is 1. The minimum Gasteiger partial charge on any atom is -0.461 e. The number of carbonyl (C=O) groups excluding carboxylic acids is 2. The fraction of sp³-hybridized carbons (Fsp3) is 0.200. The molecular formula is C25H20F2N2O7. The van der Waals surface area contributed by atoms with Crippen molar-refractivity contribution in [2.75, 3.05) is 11.9 Å². The number of hydrogen-bond donors (Lipinski definition) is 1. The van der Waals surface area contributed by atoms with Crippen LogP contribution in [0.1, 0.15) is 24.8 Å². The van der Waals surface area contributed by atoms with Crippen LogP contribution in [-0.4, -0.2) is 23.7 Å². The van der Waals surface area contributed by atoms with Crippen LogP contribution in [0.2, 0.25) is 0 Å². The van der Waals surface area contributed by atoms with Crippen LogP contribution in [0.4, 0.5) is 19.3 Å². The van der Waals surface area contributed by atoms with Gasteiger partial charge in [-0.05, 0) is 31.2 Å². The van der Waals surface area contributed by atoms with E-state index in [2.05, 4.69) is 10.3 Å². The summed E-state index contributed by atoms with van der Waals surface area (Å²) >= 11 is 0. The molecule has 0 saturated heterocycles. The van der Waals surface area contributed by atoms with Crippen molar-refractivity contribution in [3.8, 4) is 11.3 Å². The quantitative estimate of drug-likeness (QED) is 0.267. The highest BCUT2D eigenvalue weighted by molar-refractivity contribution is 5.90. The molecule has 2 aromatic carbocycles. The number of anilines is 1. The van der Waals surface area contributed by atoms with E-state index in [0.717, 1.165) is 12.1 Å². The normalized spacial score (nSPS) is 10.9.